The predicted octanol–water partition coefficient (Wildman–Crippen LogP) is 7.22. The molecule has 0 radical (unpaired) electrons. The average Bonchev–Trinajstić information content (AvgIpc) is 3.03. The molecule has 2 heteroatoms. The van der Waals surface area contributed by atoms with E-state index in [0.717, 1.165) is 48.3 Å². The van der Waals surface area contributed by atoms with E-state index < -0.39 is 5.60 Å². The van der Waals surface area contributed by atoms with Crippen molar-refractivity contribution in [1.82, 2.24) is 0 Å². The molecule has 4 aliphatic carbocycles. The molecule has 0 aromatic heterocycles. The highest BCUT2D eigenvalue weighted by Crippen LogP contribution is 2.68. The Kier molecular flexibility index (Phi) is 6.68. The van der Waals surface area contributed by atoms with Crippen molar-refractivity contribution < 1.29 is 10.2 Å². The van der Waals surface area contributed by atoms with Gasteiger partial charge in [0.05, 0.1) is 11.7 Å². The summed E-state index contributed by atoms with van der Waals surface area (Å²) in [6.07, 6.45) is 15.8. The SMILES string of the molecule is CC(O)C1CC[C@@]2(C)[C@@H](CC[C@@H]3[C@@H]2CC[C@]2(C)[C@@H](C(C)CCCC(C)(C)O)CC[C@@H]32)C1. The second-order valence-electron chi connectivity index (χ2n) is 13.8. The molecule has 4 aliphatic rings. The van der Waals surface area contributed by atoms with Gasteiger partial charge in [-0.15, -0.1) is 0 Å². The van der Waals surface area contributed by atoms with Crippen LogP contribution >= 0.6 is 0 Å². The van der Waals surface area contributed by atoms with Crippen molar-refractivity contribution in [2.24, 2.45) is 52.3 Å². The predicted molar refractivity (Wildman–Crippen MR) is 130 cm³/mol. The lowest BCUT2D eigenvalue weighted by Crippen LogP contribution is -2.54. The summed E-state index contributed by atoms with van der Waals surface area (Å²) in [4.78, 5) is 0. The van der Waals surface area contributed by atoms with Gasteiger partial charge in [-0.05, 0) is 137 Å². The maximum Gasteiger partial charge on any atom is 0.0591 e. The highest BCUT2D eigenvalue weighted by Gasteiger charge is 2.60. The molecule has 2 nitrogen and oxygen atoms in total. The monoisotopic (exact) mass is 432 g/mol. The second kappa shape index (κ2) is 8.61. The Balaban J connectivity index is 1.43. The van der Waals surface area contributed by atoms with E-state index in [1.165, 1.54) is 64.2 Å². The molecule has 0 aromatic carbocycles. The minimum absolute atomic E-state index is 0.120. The molecule has 0 saturated heterocycles. The van der Waals surface area contributed by atoms with Crippen LogP contribution in [-0.4, -0.2) is 21.9 Å². The van der Waals surface area contributed by atoms with Crippen LogP contribution in [0.5, 0.6) is 0 Å². The number of hydrogen-bond donors (Lipinski definition) is 2. The third kappa shape index (κ3) is 4.39. The Labute approximate surface area is 193 Å². The first kappa shape index (κ1) is 24.1. The summed E-state index contributed by atoms with van der Waals surface area (Å²) < 4.78 is 0. The largest absolute Gasteiger partial charge is 0.393 e. The van der Waals surface area contributed by atoms with E-state index in [-0.39, 0.29) is 6.10 Å². The van der Waals surface area contributed by atoms with E-state index in [4.69, 9.17) is 0 Å². The summed E-state index contributed by atoms with van der Waals surface area (Å²) in [6, 6.07) is 0. The smallest absolute Gasteiger partial charge is 0.0591 e. The van der Waals surface area contributed by atoms with E-state index in [9.17, 15) is 10.2 Å². The third-order valence-electron chi connectivity index (χ3n) is 11.6. The highest BCUT2D eigenvalue weighted by molar-refractivity contribution is 5.09. The van der Waals surface area contributed by atoms with Gasteiger partial charge in [-0.25, -0.2) is 0 Å². The van der Waals surface area contributed by atoms with Gasteiger partial charge in [-0.3, -0.25) is 0 Å². The van der Waals surface area contributed by atoms with Crippen LogP contribution in [0.2, 0.25) is 0 Å². The van der Waals surface area contributed by atoms with E-state index >= 15 is 0 Å². The lowest BCUT2D eigenvalue weighted by Gasteiger charge is -2.61. The fourth-order valence-corrected chi connectivity index (χ4v) is 9.76. The zero-order chi connectivity index (χ0) is 22.6. The van der Waals surface area contributed by atoms with Gasteiger partial charge in [0.25, 0.3) is 0 Å². The number of aliphatic hydroxyl groups excluding tert-OH is 1. The maximum atomic E-state index is 10.2. The Hall–Kier alpha value is -0.0800. The molecule has 0 spiro atoms. The van der Waals surface area contributed by atoms with Crippen molar-refractivity contribution in [1.29, 1.82) is 0 Å². The molecule has 2 N–H and O–H groups in total. The van der Waals surface area contributed by atoms with Crippen LogP contribution in [0.3, 0.4) is 0 Å². The Bertz CT molecular complexity index is 621. The second-order valence-corrected chi connectivity index (χ2v) is 13.8. The van der Waals surface area contributed by atoms with Crippen LogP contribution in [0.4, 0.5) is 0 Å². The van der Waals surface area contributed by atoms with Crippen LogP contribution in [0.25, 0.3) is 0 Å². The Morgan fingerprint density at radius 3 is 2.26 bits per heavy atom. The number of aliphatic hydroxyl groups is 2. The highest BCUT2D eigenvalue weighted by atomic mass is 16.3. The minimum atomic E-state index is -0.513. The Morgan fingerprint density at radius 2 is 1.58 bits per heavy atom. The van der Waals surface area contributed by atoms with Crippen LogP contribution < -0.4 is 0 Å². The van der Waals surface area contributed by atoms with Crippen LogP contribution in [0, 0.1) is 52.3 Å². The molecule has 4 fully saturated rings. The van der Waals surface area contributed by atoms with Crippen molar-refractivity contribution in [2.45, 2.75) is 130 Å². The number of fused-ring (bicyclic) bond motifs is 5. The summed E-state index contributed by atoms with van der Waals surface area (Å²) in [5.74, 6) is 5.91. The number of rotatable bonds is 6. The zero-order valence-corrected chi connectivity index (χ0v) is 21.5. The topological polar surface area (TPSA) is 40.5 Å². The third-order valence-corrected chi connectivity index (χ3v) is 11.6. The van der Waals surface area contributed by atoms with E-state index in [2.05, 4.69) is 20.8 Å². The van der Waals surface area contributed by atoms with Crippen molar-refractivity contribution >= 4 is 0 Å². The van der Waals surface area contributed by atoms with Gasteiger partial charge in [-0.1, -0.05) is 33.6 Å². The lowest BCUT2D eigenvalue weighted by molar-refractivity contribution is -0.127. The molecule has 0 heterocycles. The molecule has 0 aliphatic heterocycles. The molecule has 4 saturated carbocycles. The molecule has 31 heavy (non-hydrogen) atoms. The zero-order valence-electron chi connectivity index (χ0n) is 21.5. The van der Waals surface area contributed by atoms with Crippen molar-refractivity contribution in [3.05, 3.63) is 0 Å². The molecule has 0 bridgehead atoms. The summed E-state index contributed by atoms with van der Waals surface area (Å²) in [7, 11) is 0. The maximum absolute atomic E-state index is 10.2. The van der Waals surface area contributed by atoms with Crippen molar-refractivity contribution in [3.63, 3.8) is 0 Å². The molecule has 4 rings (SSSR count). The van der Waals surface area contributed by atoms with Gasteiger partial charge in [-0.2, -0.15) is 0 Å². The van der Waals surface area contributed by atoms with Gasteiger partial charge < -0.3 is 10.2 Å². The van der Waals surface area contributed by atoms with Crippen LogP contribution in [0.15, 0.2) is 0 Å². The average molecular weight is 433 g/mol. The fourth-order valence-electron chi connectivity index (χ4n) is 9.76. The van der Waals surface area contributed by atoms with E-state index in [1.807, 2.05) is 20.8 Å². The number of hydrogen-bond acceptors (Lipinski definition) is 2. The summed E-state index contributed by atoms with van der Waals surface area (Å²) in [6.45, 7) is 13.8. The van der Waals surface area contributed by atoms with Gasteiger partial charge in [0.2, 0.25) is 0 Å². The molecule has 180 valence electrons. The molecule has 0 aromatic rings. The first-order chi connectivity index (χ1) is 14.5. The quantitative estimate of drug-likeness (QED) is 0.465. The van der Waals surface area contributed by atoms with Crippen molar-refractivity contribution in [3.8, 4) is 0 Å². The molecular weight excluding hydrogens is 380 g/mol. The minimum Gasteiger partial charge on any atom is -0.393 e. The Morgan fingerprint density at radius 1 is 0.903 bits per heavy atom. The fraction of sp³-hybridized carbons (Fsp3) is 1.00. The van der Waals surface area contributed by atoms with Crippen molar-refractivity contribution in [2.75, 3.05) is 0 Å². The molecule has 3 unspecified atom stereocenters. The summed E-state index contributed by atoms with van der Waals surface area (Å²) in [5.41, 5.74) is 0.572. The standard InChI is InChI=1S/C29H52O2/c1-19(8-7-15-27(3,4)31)24-11-12-25-23-10-9-22-18-21(20(2)30)13-16-28(22,5)26(23)14-17-29(24,25)6/h19-26,30-31H,7-18H2,1-6H3/t19?,20?,21?,22-,23-,24+,25-,26-,28-,29+/m0/s1. The molecule has 10 atom stereocenters. The lowest BCUT2D eigenvalue weighted by atomic mass is 9.44. The molecular formula is C29H52O2. The summed E-state index contributed by atoms with van der Waals surface area (Å²) >= 11 is 0. The normalized spacial score (nSPS) is 47.2. The first-order valence-electron chi connectivity index (χ1n) is 13.9. The van der Waals surface area contributed by atoms with E-state index in [1.54, 1.807) is 0 Å². The van der Waals surface area contributed by atoms with Crippen LogP contribution in [0.1, 0.15) is 119 Å². The van der Waals surface area contributed by atoms with Gasteiger partial charge in [0, 0.05) is 0 Å². The molecule has 0 amide bonds. The van der Waals surface area contributed by atoms with Gasteiger partial charge in [0.1, 0.15) is 0 Å². The van der Waals surface area contributed by atoms with Gasteiger partial charge in [0.15, 0.2) is 0 Å². The summed E-state index contributed by atoms with van der Waals surface area (Å²) in [5, 5.41) is 20.3. The van der Waals surface area contributed by atoms with Gasteiger partial charge >= 0.3 is 0 Å². The first-order valence-corrected chi connectivity index (χ1v) is 13.9. The van der Waals surface area contributed by atoms with Crippen LogP contribution in [-0.2, 0) is 0 Å². The van der Waals surface area contributed by atoms with E-state index in [0.29, 0.717) is 16.7 Å².